The summed E-state index contributed by atoms with van der Waals surface area (Å²) in [7, 11) is 1.55. The molecule has 1 amide bonds. The SMILES string of the molecule is CC(CC(=O)N(C)C(C)c1ccc(F)c(F)c1)c1ccc(C(F)(F)F)cc1. The minimum absolute atomic E-state index is 0.0792. The van der Waals surface area contributed by atoms with Crippen LogP contribution >= 0.6 is 0 Å². The van der Waals surface area contributed by atoms with Crippen LogP contribution in [0.2, 0.25) is 0 Å². The van der Waals surface area contributed by atoms with Gasteiger partial charge in [0.2, 0.25) is 5.91 Å². The molecule has 2 aromatic carbocycles. The van der Waals surface area contributed by atoms with E-state index in [4.69, 9.17) is 0 Å². The zero-order valence-corrected chi connectivity index (χ0v) is 15.1. The molecule has 146 valence electrons. The Kier molecular flexibility index (Phi) is 6.23. The van der Waals surface area contributed by atoms with Crippen molar-refractivity contribution < 1.29 is 26.7 Å². The van der Waals surface area contributed by atoms with Crippen LogP contribution in [0.4, 0.5) is 22.0 Å². The summed E-state index contributed by atoms with van der Waals surface area (Å²) in [5.74, 6) is -2.49. The summed E-state index contributed by atoms with van der Waals surface area (Å²) < 4.78 is 64.3. The zero-order valence-electron chi connectivity index (χ0n) is 15.1. The fourth-order valence-corrected chi connectivity index (χ4v) is 2.74. The average molecular weight is 385 g/mol. The molecular formula is C20H20F5NO. The van der Waals surface area contributed by atoms with Gasteiger partial charge in [-0.2, -0.15) is 13.2 Å². The topological polar surface area (TPSA) is 20.3 Å². The van der Waals surface area contributed by atoms with Crippen LogP contribution in [0.5, 0.6) is 0 Å². The van der Waals surface area contributed by atoms with E-state index in [1.54, 1.807) is 20.9 Å². The van der Waals surface area contributed by atoms with Gasteiger partial charge in [-0.1, -0.05) is 25.1 Å². The molecule has 0 bridgehead atoms. The van der Waals surface area contributed by atoms with Gasteiger partial charge in [0.25, 0.3) is 0 Å². The first-order valence-electron chi connectivity index (χ1n) is 8.38. The lowest BCUT2D eigenvalue weighted by Gasteiger charge is -2.27. The molecule has 0 N–H and O–H groups in total. The lowest BCUT2D eigenvalue weighted by Crippen LogP contribution is -2.30. The van der Waals surface area contributed by atoms with Crippen LogP contribution in [0.3, 0.4) is 0 Å². The highest BCUT2D eigenvalue weighted by Crippen LogP contribution is 2.31. The molecule has 27 heavy (non-hydrogen) atoms. The number of rotatable bonds is 5. The van der Waals surface area contributed by atoms with Gasteiger partial charge in [0.1, 0.15) is 0 Å². The summed E-state index contributed by atoms with van der Waals surface area (Å²) in [5.41, 5.74) is 0.325. The standard InChI is InChI=1S/C20H20F5NO/c1-12(14-4-7-16(8-5-14)20(23,24)25)10-19(27)26(3)13(2)15-6-9-17(21)18(22)11-15/h4-9,11-13H,10H2,1-3H3. The lowest BCUT2D eigenvalue weighted by atomic mass is 9.95. The molecule has 0 radical (unpaired) electrons. The second kappa shape index (κ2) is 8.06. The first-order chi connectivity index (χ1) is 12.5. The minimum atomic E-state index is -4.41. The Labute approximate surface area is 154 Å². The second-order valence-electron chi connectivity index (χ2n) is 6.58. The van der Waals surface area contributed by atoms with Gasteiger partial charge in [-0.05, 0) is 48.2 Å². The van der Waals surface area contributed by atoms with Crippen LogP contribution in [-0.2, 0) is 11.0 Å². The fraction of sp³-hybridized carbons (Fsp3) is 0.350. The van der Waals surface area contributed by atoms with E-state index in [9.17, 15) is 26.7 Å². The molecule has 2 atom stereocenters. The quantitative estimate of drug-likeness (QED) is 0.605. The largest absolute Gasteiger partial charge is 0.416 e. The molecule has 2 nitrogen and oxygen atoms in total. The van der Waals surface area contributed by atoms with Crippen LogP contribution in [0, 0.1) is 11.6 Å². The number of hydrogen-bond donors (Lipinski definition) is 0. The molecule has 2 rings (SSSR count). The van der Waals surface area contributed by atoms with Gasteiger partial charge in [0.05, 0.1) is 11.6 Å². The van der Waals surface area contributed by atoms with Gasteiger partial charge < -0.3 is 4.90 Å². The molecule has 0 aromatic heterocycles. The van der Waals surface area contributed by atoms with E-state index in [0.717, 1.165) is 24.3 Å². The van der Waals surface area contributed by atoms with Crippen LogP contribution in [0.25, 0.3) is 0 Å². The number of benzene rings is 2. The van der Waals surface area contributed by atoms with E-state index in [1.165, 1.54) is 23.1 Å². The van der Waals surface area contributed by atoms with E-state index in [0.29, 0.717) is 11.1 Å². The Morgan fingerprint density at radius 1 is 0.963 bits per heavy atom. The first kappa shape index (κ1) is 20.9. The Morgan fingerprint density at radius 2 is 1.52 bits per heavy atom. The molecule has 0 aliphatic rings. The van der Waals surface area contributed by atoms with Crippen molar-refractivity contribution >= 4 is 5.91 Å². The molecule has 0 spiro atoms. The molecule has 2 aromatic rings. The third-order valence-electron chi connectivity index (χ3n) is 4.69. The molecule has 0 fully saturated rings. The Morgan fingerprint density at radius 3 is 2.04 bits per heavy atom. The van der Waals surface area contributed by atoms with E-state index in [2.05, 4.69) is 0 Å². The molecule has 0 saturated heterocycles. The van der Waals surface area contributed by atoms with Crippen LogP contribution < -0.4 is 0 Å². The van der Waals surface area contributed by atoms with Gasteiger partial charge in [0, 0.05) is 13.5 Å². The monoisotopic (exact) mass is 385 g/mol. The molecule has 2 unspecified atom stereocenters. The van der Waals surface area contributed by atoms with E-state index >= 15 is 0 Å². The average Bonchev–Trinajstić information content (AvgIpc) is 2.62. The zero-order chi connectivity index (χ0) is 20.4. The number of carbonyl (C=O) groups excluding carboxylic acids is 1. The number of carbonyl (C=O) groups is 1. The van der Waals surface area contributed by atoms with Crippen molar-refractivity contribution in [3.63, 3.8) is 0 Å². The Bertz CT molecular complexity index is 801. The third kappa shape index (κ3) is 5.05. The first-order valence-corrected chi connectivity index (χ1v) is 8.38. The maximum atomic E-state index is 13.4. The molecule has 0 aliphatic carbocycles. The highest BCUT2D eigenvalue weighted by atomic mass is 19.4. The van der Waals surface area contributed by atoms with Crippen LogP contribution in [-0.4, -0.2) is 17.9 Å². The van der Waals surface area contributed by atoms with Crippen LogP contribution in [0.15, 0.2) is 42.5 Å². The summed E-state index contributed by atoms with van der Waals surface area (Å²) in [4.78, 5) is 13.9. The molecular weight excluding hydrogens is 365 g/mol. The van der Waals surface area contributed by atoms with Crippen molar-refractivity contribution in [2.45, 2.75) is 38.4 Å². The van der Waals surface area contributed by atoms with Crippen molar-refractivity contribution in [2.75, 3.05) is 7.05 Å². The third-order valence-corrected chi connectivity index (χ3v) is 4.69. The van der Waals surface area contributed by atoms with Gasteiger partial charge >= 0.3 is 6.18 Å². The molecule has 0 saturated carbocycles. The molecule has 7 heteroatoms. The molecule has 0 aliphatic heterocycles. The van der Waals surface area contributed by atoms with Gasteiger partial charge in [0.15, 0.2) is 11.6 Å². The highest BCUT2D eigenvalue weighted by Gasteiger charge is 2.30. The summed E-state index contributed by atoms with van der Waals surface area (Å²) in [5, 5.41) is 0. The summed E-state index contributed by atoms with van der Waals surface area (Å²) in [6.45, 7) is 3.43. The van der Waals surface area contributed by atoms with Crippen molar-refractivity contribution in [2.24, 2.45) is 0 Å². The van der Waals surface area contributed by atoms with Crippen molar-refractivity contribution in [1.29, 1.82) is 0 Å². The smallest absolute Gasteiger partial charge is 0.339 e. The number of hydrogen-bond acceptors (Lipinski definition) is 1. The summed E-state index contributed by atoms with van der Waals surface area (Å²) >= 11 is 0. The number of amides is 1. The Hall–Kier alpha value is -2.44. The van der Waals surface area contributed by atoms with E-state index in [1.807, 2.05) is 0 Å². The van der Waals surface area contributed by atoms with Crippen molar-refractivity contribution in [3.8, 4) is 0 Å². The molecule has 0 heterocycles. The highest BCUT2D eigenvalue weighted by molar-refractivity contribution is 5.77. The summed E-state index contributed by atoms with van der Waals surface area (Å²) in [6, 6.07) is 7.68. The predicted octanol–water partition coefficient (Wildman–Crippen LogP) is 5.70. The number of nitrogens with zero attached hydrogens (tertiary/aromatic N) is 1. The van der Waals surface area contributed by atoms with Crippen LogP contribution in [0.1, 0.15) is 48.9 Å². The normalized spacial score (nSPS) is 13.9. The van der Waals surface area contributed by atoms with Crippen molar-refractivity contribution in [3.05, 3.63) is 70.8 Å². The van der Waals surface area contributed by atoms with E-state index in [-0.39, 0.29) is 18.2 Å². The van der Waals surface area contributed by atoms with E-state index < -0.39 is 29.4 Å². The van der Waals surface area contributed by atoms with Gasteiger partial charge in [-0.3, -0.25) is 4.79 Å². The Balaban J connectivity index is 2.05. The summed E-state index contributed by atoms with van der Waals surface area (Å²) in [6.07, 6.45) is -4.33. The van der Waals surface area contributed by atoms with Gasteiger partial charge in [-0.25, -0.2) is 8.78 Å². The maximum Gasteiger partial charge on any atom is 0.416 e. The fourth-order valence-electron chi connectivity index (χ4n) is 2.74. The second-order valence-corrected chi connectivity index (χ2v) is 6.58. The van der Waals surface area contributed by atoms with Gasteiger partial charge in [-0.15, -0.1) is 0 Å². The predicted molar refractivity (Wildman–Crippen MR) is 92.0 cm³/mol. The number of alkyl halides is 3. The maximum absolute atomic E-state index is 13.4. The minimum Gasteiger partial charge on any atom is -0.339 e. The number of halogens is 5. The van der Waals surface area contributed by atoms with Crippen molar-refractivity contribution in [1.82, 2.24) is 4.90 Å². The lowest BCUT2D eigenvalue weighted by molar-refractivity contribution is -0.137.